The number of ether oxygens (including phenoxy) is 1. The second-order valence-electron chi connectivity index (χ2n) is 6.04. The zero-order chi connectivity index (χ0) is 15.1. The monoisotopic (exact) mass is 333 g/mol. The van der Waals surface area contributed by atoms with E-state index in [2.05, 4.69) is 10.6 Å². The highest BCUT2D eigenvalue weighted by molar-refractivity contribution is 5.85. The van der Waals surface area contributed by atoms with E-state index in [1.807, 2.05) is 4.90 Å². The molecule has 0 aromatic heterocycles. The number of carbonyl (C=O) groups is 2. The summed E-state index contributed by atoms with van der Waals surface area (Å²) >= 11 is 0. The van der Waals surface area contributed by atoms with E-state index in [0.29, 0.717) is 32.2 Å². The molecule has 1 saturated heterocycles. The number of halogens is 1. The van der Waals surface area contributed by atoms with Crippen LogP contribution in [0, 0.1) is 11.8 Å². The number of rotatable bonds is 8. The van der Waals surface area contributed by atoms with Crippen molar-refractivity contribution in [2.24, 2.45) is 11.8 Å². The number of amides is 2. The molecule has 0 radical (unpaired) electrons. The van der Waals surface area contributed by atoms with Gasteiger partial charge in [0.15, 0.2) is 0 Å². The van der Waals surface area contributed by atoms with Gasteiger partial charge in [0.2, 0.25) is 11.8 Å². The molecule has 0 spiro atoms. The first-order chi connectivity index (χ1) is 10.2. The fraction of sp³-hybridized carbons (Fsp3) is 0.867. The zero-order valence-electron chi connectivity index (χ0n) is 13.3. The predicted octanol–water partition coefficient (Wildman–Crippen LogP) is 0.409. The van der Waals surface area contributed by atoms with Crippen LogP contribution < -0.4 is 10.6 Å². The lowest BCUT2D eigenvalue weighted by atomic mass is 9.97. The lowest BCUT2D eigenvalue weighted by molar-refractivity contribution is -0.135. The van der Waals surface area contributed by atoms with Gasteiger partial charge in [0.05, 0.1) is 19.1 Å². The average Bonchev–Trinajstić information content (AvgIpc) is 3.33. The molecule has 2 amide bonds. The molecule has 1 atom stereocenters. The summed E-state index contributed by atoms with van der Waals surface area (Å²) < 4.78 is 4.93. The molecular weight excluding hydrogens is 306 g/mol. The zero-order valence-corrected chi connectivity index (χ0v) is 14.1. The highest BCUT2D eigenvalue weighted by atomic mass is 35.5. The maximum absolute atomic E-state index is 12.1. The van der Waals surface area contributed by atoms with Crippen LogP contribution in [0.15, 0.2) is 0 Å². The van der Waals surface area contributed by atoms with Crippen LogP contribution >= 0.6 is 12.4 Å². The molecule has 128 valence electrons. The van der Waals surface area contributed by atoms with Gasteiger partial charge in [0, 0.05) is 33.3 Å². The summed E-state index contributed by atoms with van der Waals surface area (Å²) in [5.41, 5.74) is 0. The maximum atomic E-state index is 12.1. The summed E-state index contributed by atoms with van der Waals surface area (Å²) in [7, 11) is 1.64. The van der Waals surface area contributed by atoms with Gasteiger partial charge in [-0.3, -0.25) is 9.59 Å². The van der Waals surface area contributed by atoms with E-state index in [4.69, 9.17) is 4.74 Å². The summed E-state index contributed by atoms with van der Waals surface area (Å²) in [6.07, 6.45) is 4.27. The number of methoxy groups -OCH3 is 1. The van der Waals surface area contributed by atoms with Crippen molar-refractivity contribution in [3.05, 3.63) is 0 Å². The summed E-state index contributed by atoms with van der Waals surface area (Å²) in [5.74, 6) is 0.846. The van der Waals surface area contributed by atoms with Gasteiger partial charge in [-0.05, 0) is 31.6 Å². The lowest BCUT2D eigenvalue weighted by Gasteiger charge is -2.32. The van der Waals surface area contributed by atoms with Crippen molar-refractivity contribution in [2.75, 3.05) is 46.4 Å². The minimum Gasteiger partial charge on any atom is -0.383 e. The lowest BCUT2D eigenvalue weighted by Crippen LogP contribution is -2.48. The number of carbonyl (C=O) groups excluding carboxylic acids is 2. The van der Waals surface area contributed by atoms with Crippen LogP contribution in [-0.2, 0) is 14.3 Å². The molecule has 1 heterocycles. The van der Waals surface area contributed by atoms with Crippen LogP contribution in [-0.4, -0.2) is 63.2 Å². The molecular formula is C15H28ClN3O3. The van der Waals surface area contributed by atoms with Crippen molar-refractivity contribution >= 4 is 24.2 Å². The molecule has 2 aliphatic rings. The standard InChI is InChI=1S/C15H27N3O3.ClH/c1-21-8-6-16-10-14(19)18-7-2-3-13(11-18)15(20)17-9-12-4-5-12;/h12-13,16H,2-11H2,1H3,(H,17,20);1H. The Morgan fingerprint density at radius 1 is 1.27 bits per heavy atom. The van der Waals surface area contributed by atoms with Gasteiger partial charge < -0.3 is 20.3 Å². The Morgan fingerprint density at radius 3 is 2.73 bits per heavy atom. The first-order valence-electron chi connectivity index (χ1n) is 7.96. The van der Waals surface area contributed by atoms with E-state index in [9.17, 15) is 9.59 Å². The van der Waals surface area contributed by atoms with Gasteiger partial charge >= 0.3 is 0 Å². The topological polar surface area (TPSA) is 70.7 Å². The molecule has 2 fully saturated rings. The molecule has 2 rings (SSSR count). The molecule has 1 aliphatic carbocycles. The van der Waals surface area contributed by atoms with E-state index in [0.717, 1.165) is 25.9 Å². The molecule has 1 unspecified atom stereocenters. The minimum absolute atomic E-state index is 0. The molecule has 22 heavy (non-hydrogen) atoms. The third-order valence-electron chi connectivity index (χ3n) is 4.17. The number of hydrogen-bond acceptors (Lipinski definition) is 4. The van der Waals surface area contributed by atoms with Crippen molar-refractivity contribution < 1.29 is 14.3 Å². The Labute approximate surface area is 138 Å². The van der Waals surface area contributed by atoms with Crippen LogP contribution in [0.25, 0.3) is 0 Å². The Morgan fingerprint density at radius 2 is 2.05 bits per heavy atom. The van der Waals surface area contributed by atoms with Crippen molar-refractivity contribution in [1.29, 1.82) is 0 Å². The molecule has 1 saturated carbocycles. The molecule has 2 N–H and O–H groups in total. The average molecular weight is 334 g/mol. The molecule has 0 aromatic rings. The summed E-state index contributed by atoms with van der Waals surface area (Å²) in [5, 5.41) is 6.08. The van der Waals surface area contributed by atoms with Gasteiger partial charge in [0.1, 0.15) is 0 Å². The maximum Gasteiger partial charge on any atom is 0.236 e. The Hall–Kier alpha value is -0.850. The first-order valence-corrected chi connectivity index (χ1v) is 7.96. The summed E-state index contributed by atoms with van der Waals surface area (Å²) in [4.78, 5) is 26.0. The van der Waals surface area contributed by atoms with Crippen LogP contribution in [0.1, 0.15) is 25.7 Å². The van der Waals surface area contributed by atoms with Gasteiger partial charge in [-0.15, -0.1) is 12.4 Å². The van der Waals surface area contributed by atoms with Crippen LogP contribution in [0.2, 0.25) is 0 Å². The molecule has 0 bridgehead atoms. The fourth-order valence-corrected chi connectivity index (χ4v) is 2.61. The van der Waals surface area contributed by atoms with E-state index in [1.54, 1.807) is 7.11 Å². The van der Waals surface area contributed by atoms with E-state index >= 15 is 0 Å². The largest absolute Gasteiger partial charge is 0.383 e. The SMILES string of the molecule is COCCNCC(=O)N1CCCC(C(=O)NCC2CC2)C1.Cl. The molecule has 1 aliphatic heterocycles. The van der Waals surface area contributed by atoms with Gasteiger partial charge in [0.25, 0.3) is 0 Å². The van der Waals surface area contributed by atoms with E-state index in [-0.39, 0.29) is 30.1 Å². The van der Waals surface area contributed by atoms with E-state index in [1.165, 1.54) is 12.8 Å². The smallest absolute Gasteiger partial charge is 0.236 e. The molecule has 6 nitrogen and oxygen atoms in total. The molecule has 7 heteroatoms. The number of nitrogens with one attached hydrogen (secondary N) is 2. The normalized spacial score (nSPS) is 21.1. The van der Waals surface area contributed by atoms with Crippen LogP contribution in [0.4, 0.5) is 0 Å². The quantitative estimate of drug-likeness (QED) is 0.631. The first kappa shape index (κ1) is 19.2. The summed E-state index contributed by atoms with van der Waals surface area (Å²) in [6.45, 7) is 3.71. The highest BCUT2D eigenvalue weighted by Gasteiger charge is 2.29. The van der Waals surface area contributed by atoms with Crippen molar-refractivity contribution in [2.45, 2.75) is 25.7 Å². The summed E-state index contributed by atoms with van der Waals surface area (Å²) in [6, 6.07) is 0. The van der Waals surface area contributed by atoms with Crippen molar-refractivity contribution in [3.63, 3.8) is 0 Å². The van der Waals surface area contributed by atoms with Gasteiger partial charge in [-0.25, -0.2) is 0 Å². The molecule has 0 aromatic carbocycles. The van der Waals surface area contributed by atoms with Crippen LogP contribution in [0.3, 0.4) is 0 Å². The second kappa shape index (κ2) is 10.0. The van der Waals surface area contributed by atoms with E-state index < -0.39 is 0 Å². The van der Waals surface area contributed by atoms with Crippen LogP contribution in [0.5, 0.6) is 0 Å². The Bertz CT molecular complexity index is 364. The van der Waals surface area contributed by atoms with Gasteiger partial charge in [-0.1, -0.05) is 0 Å². The Balaban J connectivity index is 0.00000242. The number of piperidine rings is 1. The minimum atomic E-state index is -0.0413. The highest BCUT2D eigenvalue weighted by Crippen LogP contribution is 2.27. The Kier molecular flexibility index (Phi) is 8.75. The predicted molar refractivity (Wildman–Crippen MR) is 87.0 cm³/mol. The third-order valence-corrected chi connectivity index (χ3v) is 4.17. The van der Waals surface area contributed by atoms with Crippen molar-refractivity contribution in [1.82, 2.24) is 15.5 Å². The third kappa shape index (κ3) is 6.50. The number of hydrogen-bond donors (Lipinski definition) is 2. The van der Waals surface area contributed by atoms with Crippen molar-refractivity contribution in [3.8, 4) is 0 Å². The second-order valence-corrected chi connectivity index (χ2v) is 6.04. The number of nitrogens with zero attached hydrogens (tertiary/aromatic N) is 1. The van der Waals surface area contributed by atoms with Gasteiger partial charge in [-0.2, -0.15) is 0 Å². The number of likely N-dealkylation sites (tertiary alicyclic amines) is 1. The fourth-order valence-electron chi connectivity index (χ4n) is 2.61.